The zero-order valence-corrected chi connectivity index (χ0v) is 12.9. The van der Waals surface area contributed by atoms with Crippen molar-refractivity contribution in [2.45, 2.75) is 25.3 Å². The lowest BCUT2D eigenvalue weighted by molar-refractivity contribution is 0.0608. The molecule has 0 N–H and O–H groups in total. The van der Waals surface area contributed by atoms with Crippen LogP contribution in [0, 0.1) is 0 Å². The molecule has 1 saturated heterocycles. The van der Waals surface area contributed by atoms with Crippen molar-refractivity contribution in [3.8, 4) is 5.75 Å². The van der Waals surface area contributed by atoms with Crippen LogP contribution in [0.15, 0.2) is 54.6 Å². The highest BCUT2D eigenvalue weighted by atomic mass is 16.5. The van der Waals surface area contributed by atoms with E-state index in [0.29, 0.717) is 0 Å². The average Bonchev–Trinajstić information content (AvgIpc) is 2.62. The second-order valence-electron chi connectivity index (χ2n) is 5.62. The van der Waals surface area contributed by atoms with E-state index in [1.165, 1.54) is 0 Å². The highest BCUT2D eigenvalue weighted by Gasteiger charge is 2.30. The Balaban J connectivity index is 1.93. The molecule has 0 aliphatic carbocycles. The Morgan fingerprint density at radius 2 is 1.77 bits per heavy atom. The van der Waals surface area contributed by atoms with Gasteiger partial charge in [0, 0.05) is 17.7 Å². The van der Waals surface area contributed by atoms with E-state index in [9.17, 15) is 4.79 Å². The number of piperidine rings is 1. The van der Waals surface area contributed by atoms with Gasteiger partial charge in [-0.15, -0.1) is 0 Å². The van der Waals surface area contributed by atoms with E-state index in [1.807, 2.05) is 53.4 Å². The third-order valence-corrected chi connectivity index (χ3v) is 4.28. The van der Waals surface area contributed by atoms with Crippen molar-refractivity contribution in [1.82, 2.24) is 4.90 Å². The number of benzene rings is 2. The number of amides is 1. The maximum atomic E-state index is 12.9. The molecule has 1 fully saturated rings. The number of likely N-dealkylation sites (tertiary alicyclic amines) is 1. The molecule has 3 nitrogen and oxygen atoms in total. The molecule has 3 rings (SSSR count). The molecular weight excluding hydrogens is 274 g/mol. The molecule has 0 saturated carbocycles. The molecule has 1 unspecified atom stereocenters. The predicted octanol–water partition coefficient (Wildman–Crippen LogP) is 4.06. The summed E-state index contributed by atoms with van der Waals surface area (Å²) < 4.78 is 5.49. The Labute approximate surface area is 131 Å². The SMILES string of the molecule is COc1ccccc1C1CCCCN1C(=O)c1ccccc1. The molecule has 2 aromatic carbocycles. The Morgan fingerprint density at radius 1 is 1.05 bits per heavy atom. The maximum absolute atomic E-state index is 12.9. The van der Waals surface area contributed by atoms with E-state index < -0.39 is 0 Å². The van der Waals surface area contributed by atoms with E-state index >= 15 is 0 Å². The van der Waals surface area contributed by atoms with Crippen LogP contribution in [0.4, 0.5) is 0 Å². The summed E-state index contributed by atoms with van der Waals surface area (Å²) in [7, 11) is 1.69. The first-order valence-electron chi connectivity index (χ1n) is 7.80. The largest absolute Gasteiger partial charge is 0.496 e. The van der Waals surface area contributed by atoms with Crippen LogP contribution < -0.4 is 4.74 Å². The third-order valence-electron chi connectivity index (χ3n) is 4.28. The number of ether oxygens (including phenoxy) is 1. The van der Waals surface area contributed by atoms with E-state index in [2.05, 4.69) is 6.07 Å². The summed E-state index contributed by atoms with van der Waals surface area (Å²) in [5.41, 5.74) is 1.86. The number of rotatable bonds is 3. The van der Waals surface area contributed by atoms with E-state index in [-0.39, 0.29) is 11.9 Å². The van der Waals surface area contributed by atoms with Gasteiger partial charge in [0.15, 0.2) is 0 Å². The molecule has 114 valence electrons. The van der Waals surface area contributed by atoms with Gasteiger partial charge in [0.2, 0.25) is 0 Å². The summed E-state index contributed by atoms with van der Waals surface area (Å²) in [4.78, 5) is 14.9. The maximum Gasteiger partial charge on any atom is 0.254 e. The van der Waals surface area contributed by atoms with Crippen LogP contribution in [-0.4, -0.2) is 24.5 Å². The molecule has 0 aromatic heterocycles. The van der Waals surface area contributed by atoms with Crippen molar-refractivity contribution >= 4 is 5.91 Å². The Hall–Kier alpha value is -2.29. The second-order valence-corrected chi connectivity index (χ2v) is 5.62. The van der Waals surface area contributed by atoms with Gasteiger partial charge in [-0.2, -0.15) is 0 Å². The lowest BCUT2D eigenvalue weighted by atomic mass is 9.93. The molecule has 1 aliphatic rings. The molecule has 1 heterocycles. The minimum atomic E-state index is 0.0950. The predicted molar refractivity (Wildman–Crippen MR) is 87.1 cm³/mol. The molecule has 22 heavy (non-hydrogen) atoms. The van der Waals surface area contributed by atoms with Crippen molar-refractivity contribution < 1.29 is 9.53 Å². The molecule has 0 bridgehead atoms. The summed E-state index contributed by atoms with van der Waals surface area (Å²) in [5.74, 6) is 0.969. The van der Waals surface area contributed by atoms with Gasteiger partial charge in [0.05, 0.1) is 13.2 Å². The van der Waals surface area contributed by atoms with Gasteiger partial charge in [0.1, 0.15) is 5.75 Å². The van der Waals surface area contributed by atoms with Gasteiger partial charge < -0.3 is 9.64 Å². The molecule has 1 aliphatic heterocycles. The van der Waals surface area contributed by atoms with Gasteiger partial charge in [-0.1, -0.05) is 36.4 Å². The smallest absolute Gasteiger partial charge is 0.254 e. The summed E-state index contributed by atoms with van der Waals surface area (Å²) in [6, 6.07) is 17.6. The van der Waals surface area contributed by atoms with Crippen molar-refractivity contribution in [1.29, 1.82) is 0 Å². The lowest BCUT2D eigenvalue weighted by Gasteiger charge is -2.36. The van der Waals surface area contributed by atoms with Gasteiger partial charge in [-0.3, -0.25) is 4.79 Å². The Morgan fingerprint density at radius 3 is 2.55 bits per heavy atom. The summed E-state index contributed by atoms with van der Waals surface area (Å²) >= 11 is 0. The fraction of sp³-hybridized carbons (Fsp3) is 0.316. The lowest BCUT2D eigenvalue weighted by Crippen LogP contribution is -2.38. The average molecular weight is 295 g/mol. The zero-order chi connectivity index (χ0) is 15.4. The number of carbonyl (C=O) groups is 1. The van der Waals surface area contributed by atoms with Gasteiger partial charge in [0.25, 0.3) is 5.91 Å². The minimum absolute atomic E-state index is 0.0950. The van der Waals surface area contributed by atoms with Crippen LogP contribution in [-0.2, 0) is 0 Å². The third kappa shape index (κ3) is 2.84. The van der Waals surface area contributed by atoms with Crippen molar-refractivity contribution in [2.24, 2.45) is 0 Å². The summed E-state index contributed by atoms with van der Waals surface area (Å²) in [6.07, 6.45) is 3.18. The molecule has 1 atom stereocenters. The van der Waals surface area contributed by atoms with Crippen LogP contribution in [0.3, 0.4) is 0 Å². The van der Waals surface area contributed by atoms with Crippen molar-refractivity contribution in [3.63, 3.8) is 0 Å². The number of hydrogen-bond acceptors (Lipinski definition) is 2. The highest BCUT2D eigenvalue weighted by Crippen LogP contribution is 2.36. The fourth-order valence-corrected chi connectivity index (χ4v) is 3.19. The number of para-hydroxylation sites is 1. The number of carbonyl (C=O) groups excluding carboxylic acids is 1. The molecule has 1 amide bonds. The van der Waals surface area contributed by atoms with Crippen LogP contribution in [0.2, 0.25) is 0 Å². The van der Waals surface area contributed by atoms with Crippen LogP contribution in [0.5, 0.6) is 5.75 Å². The Kier molecular flexibility index (Phi) is 4.42. The first-order valence-corrected chi connectivity index (χ1v) is 7.80. The standard InChI is InChI=1S/C19H21NO2/c1-22-18-13-6-5-11-16(18)17-12-7-8-14-20(17)19(21)15-9-3-2-4-10-15/h2-6,9-11,13,17H,7-8,12,14H2,1H3. The van der Waals surface area contributed by atoms with E-state index in [0.717, 1.165) is 42.7 Å². The molecular formula is C19H21NO2. The van der Waals surface area contributed by atoms with E-state index in [1.54, 1.807) is 7.11 Å². The number of methoxy groups -OCH3 is 1. The van der Waals surface area contributed by atoms with Crippen LogP contribution >= 0.6 is 0 Å². The van der Waals surface area contributed by atoms with Crippen molar-refractivity contribution in [3.05, 3.63) is 65.7 Å². The van der Waals surface area contributed by atoms with Gasteiger partial charge >= 0.3 is 0 Å². The first-order chi connectivity index (χ1) is 10.8. The quantitative estimate of drug-likeness (QED) is 0.854. The first kappa shape index (κ1) is 14.6. The zero-order valence-electron chi connectivity index (χ0n) is 12.9. The normalized spacial score (nSPS) is 18.0. The molecule has 3 heteroatoms. The number of hydrogen-bond donors (Lipinski definition) is 0. The van der Waals surface area contributed by atoms with E-state index in [4.69, 9.17) is 4.74 Å². The second kappa shape index (κ2) is 6.65. The topological polar surface area (TPSA) is 29.5 Å². The Bertz CT molecular complexity index is 639. The summed E-state index contributed by atoms with van der Waals surface area (Å²) in [5, 5.41) is 0. The summed E-state index contributed by atoms with van der Waals surface area (Å²) in [6.45, 7) is 0.802. The monoisotopic (exact) mass is 295 g/mol. The minimum Gasteiger partial charge on any atom is -0.496 e. The van der Waals surface area contributed by atoms with Crippen LogP contribution in [0.25, 0.3) is 0 Å². The highest BCUT2D eigenvalue weighted by molar-refractivity contribution is 5.94. The van der Waals surface area contributed by atoms with Crippen LogP contribution in [0.1, 0.15) is 41.2 Å². The van der Waals surface area contributed by atoms with Crippen molar-refractivity contribution in [2.75, 3.05) is 13.7 Å². The molecule has 0 spiro atoms. The molecule has 2 aromatic rings. The number of nitrogens with zero attached hydrogens (tertiary/aromatic N) is 1. The van der Waals surface area contributed by atoms with Gasteiger partial charge in [-0.05, 0) is 37.5 Å². The van der Waals surface area contributed by atoms with Gasteiger partial charge in [-0.25, -0.2) is 0 Å². The molecule has 0 radical (unpaired) electrons. The fourth-order valence-electron chi connectivity index (χ4n) is 3.19.